The van der Waals surface area contributed by atoms with Crippen molar-refractivity contribution in [1.82, 2.24) is 4.31 Å². The zero-order valence-electron chi connectivity index (χ0n) is 15.5. The predicted octanol–water partition coefficient (Wildman–Crippen LogP) is 2.13. The first-order valence-corrected chi connectivity index (χ1v) is 9.94. The topological polar surface area (TPSA) is 76.2 Å². The third-order valence-electron chi connectivity index (χ3n) is 4.60. The van der Waals surface area contributed by atoms with E-state index in [0.29, 0.717) is 17.2 Å². The molecule has 0 spiro atoms. The summed E-state index contributed by atoms with van der Waals surface area (Å²) < 4.78 is 37.6. The first-order valence-electron chi connectivity index (χ1n) is 8.50. The van der Waals surface area contributed by atoms with Crippen LogP contribution < -0.4 is 14.4 Å². The molecular formula is C19H22N2O5S. The van der Waals surface area contributed by atoms with Gasteiger partial charge in [-0.15, -0.1) is 0 Å². The highest BCUT2D eigenvalue weighted by Gasteiger charge is 2.39. The number of carbonyl (C=O) groups excluding carboxylic acids is 1. The lowest BCUT2D eigenvalue weighted by Crippen LogP contribution is -2.57. The molecule has 0 aliphatic carbocycles. The molecule has 144 valence electrons. The van der Waals surface area contributed by atoms with Gasteiger partial charge < -0.3 is 14.4 Å². The fraction of sp³-hybridized carbons (Fsp3) is 0.316. The van der Waals surface area contributed by atoms with Gasteiger partial charge in [-0.1, -0.05) is 18.2 Å². The van der Waals surface area contributed by atoms with Crippen LogP contribution in [0, 0.1) is 0 Å². The number of benzene rings is 2. The average molecular weight is 390 g/mol. The van der Waals surface area contributed by atoms with E-state index in [2.05, 4.69) is 0 Å². The Balaban J connectivity index is 1.89. The molecule has 0 saturated carbocycles. The van der Waals surface area contributed by atoms with Gasteiger partial charge in [0.2, 0.25) is 15.9 Å². The Morgan fingerprint density at radius 3 is 2.11 bits per heavy atom. The molecule has 8 heteroatoms. The van der Waals surface area contributed by atoms with E-state index in [9.17, 15) is 13.2 Å². The van der Waals surface area contributed by atoms with E-state index in [1.54, 1.807) is 48.2 Å². The van der Waals surface area contributed by atoms with Crippen molar-refractivity contribution >= 4 is 21.6 Å². The van der Waals surface area contributed by atoms with Crippen LogP contribution in [0.5, 0.6) is 11.5 Å². The molecule has 1 heterocycles. The van der Waals surface area contributed by atoms with Crippen molar-refractivity contribution in [3.05, 3.63) is 48.5 Å². The van der Waals surface area contributed by atoms with Crippen molar-refractivity contribution in [2.24, 2.45) is 0 Å². The Labute approximate surface area is 159 Å². The van der Waals surface area contributed by atoms with Crippen molar-refractivity contribution in [2.45, 2.75) is 17.9 Å². The van der Waals surface area contributed by atoms with Crippen LogP contribution in [0.15, 0.2) is 53.4 Å². The number of rotatable bonds is 5. The Kier molecular flexibility index (Phi) is 5.38. The zero-order valence-corrected chi connectivity index (χ0v) is 16.3. The molecular weight excluding hydrogens is 368 g/mol. The van der Waals surface area contributed by atoms with Crippen LogP contribution in [0.3, 0.4) is 0 Å². The van der Waals surface area contributed by atoms with Gasteiger partial charge in [0, 0.05) is 31.3 Å². The van der Waals surface area contributed by atoms with E-state index < -0.39 is 16.1 Å². The summed E-state index contributed by atoms with van der Waals surface area (Å²) in [4.78, 5) is 14.7. The highest BCUT2D eigenvalue weighted by atomic mass is 32.2. The van der Waals surface area contributed by atoms with Crippen molar-refractivity contribution in [3.8, 4) is 11.5 Å². The zero-order chi connectivity index (χ0) is 19.6. The van der Waals surface area contributed by atoms with Crippen molar-refractivity contribution < 1.29 is 22.7 Å². The van der Waals surface area contributed by atoms with Gasteiger partial charge in [0.15, 0.2) is 0 Å². The van der Waals surface area contributed by atoms with E-state index >= 15 is 0 Å². The monoisotopic (exact) mass is 390 g/mol. The number of hydrogen-bond donors (Lipinski definition) is 0. The van der Waals surface area contributed by atoms with Gasteiger partial charge in [-0.3, -0.25) is 4.79 Å². The van der Waals surface area contributed by atoms with Crippen LogP contribution in [-0.4, -0.2) is 52.0 Å². The van der Waals surface area contributed by atoms with E-state index in [1.165, 1.54) is 30.7 Å². The lowest BCUT2D eigenvalue weighted by atomic mass is 10.1. The van der Waals surface area contributed by atoms with Gasteiger partial charge in [-0.25, -0.2) is 8.42 Å². The van der Waals surface area contributed by atoms with Gasteiger partial charge >= 0.3 is 0 Å². The minimum absolute atomic E-state index is 0.182. The smallest absolute Gasteiger partial charge is 0.245 e. The van der Waals surface area contributed by atoms with E-state index in [0.717, 1.165) is 0 Å². The average Bonchev–Trinajstić information content (AvgIpc) is 2.70. The number of hydrogen-bond acceptors (Lipinski definition) is 5. The first-order chi connectivity index (χ1) is 12.9. The molecule has 1 aliphatic heterocycles. The van der Waals surface area contributed by atoms with E-state index in [-0.39, 0.29) is 23.9 Å². The summed E-state index contributed by atoms with van der Waals surface area (Å²) in [7, 11) is -0.669. The number of sulfonamides is 1. The number of carbonyl (C=O) groups is 1. The summed E-state index contributed by atoms with van der Waals surface area (Å²) >= 11 is 0. The molecule has 0 radical (unpaired) electrons. The number of nitrogens with zero attached hydrogens (tertiary/aromatic N) is 2. The summed E-state index contributed by atoms with van der Waals surface area (Å²) in [5, 5.41) is 0. The summed E-state index contributed by atoms with van der Waals surface area (Å²) in [6.07, 6.45) is 0. The van der Waals surface area contributed by atoms with Gasteiger partial charge in [0.25, 0.3) is 0 Å². The molecule has 27 heavy (non-hydrogen) atoms. The molecule has 3 rings (SSSR count). The summed E-state index contributed by atoms with van der Waals surface area (Å²) in [6.45, 7) is 2.04. The van der Waals surface area contributed by atoms with Crippen molar-refractivity contribution in [1.29, 1.82) is 0 Å². The van der Waals surface area contributed by atoms with Crippen molar-refractivity contribution in [3.63, 3.8) is 0 Å². The molecule has 0 N–H and O–H groups in total. The Morgan fingerprint density at radius 1 is 0.963 bits per heavy atom. The van der Waals surface area contributed by atoms with Crippen LogP contribution in [0.1, 0.15) is 6.92 Å². The third kappa shape index (κ3) is 3.63. The molecule has 1 saturated heterocycles. The number of anilines is 1. The number of piperazine rings is 1. The second kappa shape index (κ2) is 7.58. The van der Waals surface area contributed by atoms with Gasteiger partial charge in [-0.2, -0.15) is 4.31 Å². The molecule has 1 aliphatic rings. The molecule has 0 bridgehead atoms. The summed E-state index contributed by atoms with van der Waals surface area (Å²) in [5.41, 5.74) is 0.611. The fourth-order valence-electron chi connectivity index (χ4n) is 3.11. The van der Waals surface area contributed by atoms with Crippen LogP contribution in [0.25, 0.3) is 0 Å². The molecule has 2 aromatic carbocycles. The highest BCUT2D eigenvalue weighted by molar-refractivity contribution is 7.89. The number of ether oxygens (including phenoxy) is 2. The second-order valence-electron chi connectivity index (χ2n) is 6.17. The Hall–Kier alpha value is -2.58. The van der Waals surface area contributed by atoms with Crippen LogP contribution in [-0.2, 0) is 14.8 Å². The predicted molar refractivity (Wildman–Crippen MR) is 102 cm³/mol. The van der Waals surface area contributed by atoms with Gasteiger partial charge in [0.05, 0.1) is 24.8 Å². The molecule has 2 aromatic rings. The van der Waals surface area contributed by atoms with Crippen LogP contribution in [0.4, 0.5) is 5.69 Å². The van der Waals surface area contributed by atoms with E-state index in [1.807, 2.05) is 0 Å². The van der Waals surface area contributed by atoms with Gasteiger partial charge in [0.1, 0.15) is 17.5 Å². The third-order valence-corrected chi connectivity index (χ3v) is 6.58. The Bertz CT molecular complexity index is 908. The summed E-state index contributed by atoms with van der Waals surface area (Å²) in [6, 6.07) is 12.5. The Morgan fingerprint density at radius 2 is 1.56 bits per heavy atom. The number of methoxy groups -OCH3 is 2. The summed E-state index contributed by atoms with van der Waals surface area (Å²) in [5.74, 6) is 0.823. The van der Waals surface area contributed by atoms with Gasteiger partial charge in [-0.05, 0) is 19.1 Å². The largest absolute Gasteiger partial charge is 0.497 e. The molecule has 1 unspecified atom stereocenters. The van der Waals surface area contributed by atoms with E-state index in [4.69, 9.17) is 9.47 Å². The lowest BCUT2D eigenvalue weighted by molar-refractivity contribution is -0.123. The number of amides is 1. The molecule has 1 fully saturated rings. The molecule has 7 nitrogen and oxygen atoms in total. The highest BCUT2D eigenvalue weighted by Crippen LogP contribution is 2.31. The lowest BCUT2D eigenvalue weighted by Gasteiger charge is -2.38. The van der Waals surface area contributed by atoms with Crippen LogP contribution >= 0.6 is 0 Å². The maximum Gasteiger partial charge on any atom is 0.245 e. The minimum atomic E-state index is -3.74. The minimum Gasteiger partial charge on any atom is -0.497 e. The molecule has 1 amide bonds. The standard InChI is InChI=1S/C19H22N2O5S/c1-14-19(22)20(15-11-16(25-2)13-17(12-15)26-3)9-10-21(14)27(23,24)18-7-5-4-6-8-18/h4-8,11-14H,9-10H2,1-3H3. The van der Waals surface area contributed by atoms with Crippen LogP contribution in [0.2, 0.25) is 0 Å². The second-order valence-corrected chi connectivity index (χ2v) is 8.06. The maximum atomic E-state index is 13.0. The first kappa shape index (κ1) is 19.2. The SMILES string of the molecule is COc1cc(OC)cc(N2CCN(S(=O)(=O)c3ccccc3)C(C)C2=O)c1. The fourth-order valence-corrected chi connectivity index (χ4v) is 4.71. The maximum absolute atomic E-state index is 13.0. The normalized spacial score (nSPS) is 18.4. The quantitative estimate of drug-likeness (QED) is 0.782. The van der Waals surface area contributed by atoms with Crippen molar-refractivity contribution in [2.75, 3.05) is 32.2 Å². The molecule has 1 atom stereocenters. The molecule has 0 aromatic heterocycles.